The van der Waals surface area contributed by atoms with Crippen molar-refractivity contribution in [3.8, 4) is 5.69 Å². The quantitative estimate of drug-likeness (QED) is 0.899. The van der Waals surface area contributed by atoms with Crippen molar-refractivity contribution in [2.24, 2.45) is 0 Å². The molecule has 2 heterocycles. The Morgan fingerprint density at radius 2 is 1.96 bits per heavy atom. The predicted octanol–water partition coefficient (Wildman–Crippen LogP) is 1.73. The average Bonchev–Trinajstić information content (AvgIpc) is 2.97. The van der Waals surface area contributed by atoms with E-state index in [0.29, 0.717) is 6.42 Å². The number of nitrogens with zero attached hydrogens (tertiary/aromatic N) is 2. The summed E-state index contributed by atoms with van der Waals surface area (Å²) in [5.41, 5.74) is 2.88. The zero-order valence-corrected chi connectivity index (χ0v) is 15.6. The molecule has 1 aromatic heterocycles. The number of sulfone groups is 1. The number of hydrogen-bond acceptors (Lipinski definition) is 4. The number of aryl methyl sites for hydroxylation is 1. The molecule has 0 saturated carbocycles. The highest BCUT2D eigenvalue weighted by atomic mass is 32.2. The lowest BCUT2D eigenvalue weighted by atomic mass is 10.0. The van der Waals surface area contributed by atoms with Crippen LogP contribution in [0.4, 0.5) is 0 Å². The maximum absolute atomic E-state index is 12.5. The van der Waals surface area contributed by atoms with Crippen molar-refractivity contribution in [1.82, 2.24) is 15.1 Å². The van der Waals surface area contributed by atoms with Crippen molar-refractivity contribution in [3.05, 3.63) is 47.3 Å². The normalized spacial score (nSPS) is 22.0. The van der Waals surface area contributed by atoms with Gasteiger partial charge in [0.1, 0.15) is 0 Å². The van der Waals surface area contributed by atoms with Crippen molar-refractivity contribution in [2.75, 3.05) is 11.5 Å². The molecule has 1 fully saturated rings. The van der Waals surface area contributed by atoms with Crippen molar-refractivity contribution in [1.29, 1.82) is 0 Å². The summed E-state index contributed by atoms with van der Waals surface area (Å²) < 4.78 is 25.2. The van der Waals surface area contributed by atoms with E-state index in [1.54, 1.807) is 6.92 Å². The number of para-hydroxylation sites is 1. The molecule has 1 unspecified atom stereocenters. The Kier molecular flexibility index (Phi) is 4.45. The van der Waals surface area contributed by atoms with Crippen LogP contribution in [0, 0.1) is 13.8 Å². The van der Waals surface area contributed by atoms with E-state index in [4.69, 9.17) is 0 Å². The van der Waals surface area contributed by atoms with Gasteiger partial charge in [0.25, 0.3) is 0 Å². The van der Waals surface area contributed by atoms with Crippen molar-refractivity contribution in [2.45, 2.75) is 39.2 Å². The summed E-state index contributed by atoms with van der Waals surface area (Å²) in [5, 5.41) is 7.45. The minimum atomic E-state index is -3.05. The van der Waals surface area contributed by atoms with Crippen LogP contribution in [0.25, 0.3) is 5.69 Å². The zero-order chi connectivity index (χ0) is 18.2. The smallest absolute Gasteiger partial charge is 0.225 e. The van der Waals surface area contributed by atoms with E-state index in [1.165, 1.54) is 0 Å². The molecule has 1 N–H and O–H groups in total. The molecule has 1 aliphatic heterocycles. The molecule has 134 valence electrons. The van der Waals surface area contributed by atoms with Crippen LogP contribution in [-0.4, -0.2) is 41.2 Å². The Morgan fingerprint density at radius 1 is 1.28 bits per heavy atom. The van der Waals surface area contributed by atoms with Gasteiger partial charge in [0, 0.05) is 11.3 Å². The predicted molar refractivity (Wildman–Crippen MR) is 96.6 cm³/mol. The highest BCUT2D eigenvalue weighted by molar-refractivity contribution is 7.91. The standard InChI is InChI=1S/C18H23N3O3S/c1-13-16(14(2)21(20-13)15-7-5-4-6-8-15)11-17(22)19-18(3)9-10-25(23,24)12-18/h4-8H,9-12H2,1-3H3,(H,19,22). The van der Waals surface area contributed by atoms with Crippen molar-refractivity contribution < 1.29 is 13.2 Å². The lowest BCUT2D eigenvalue weighted by Crippen LogP contribution is -2.47. The first kappa shape index (κ1) is 17.7. The van der Waals surface area contributed by atoms with Gasteiger partial charge in [-0.1, -0.05) is 18.2 Å². The molecule has 25 heavy (non-hydrogen) atoms. The van der Waals surface area contributed by atoms with Crippen molar-refractivity contribution >= 4 is 15.7 Å². The summed E-state index contributed by atoms with van der Waals surface area (Å²) in [6.45, 7) is 5.62. The fourth-order valence-corrected chi connectivity index (χ4v) is 5.49. The van der Waals surface area contributed by atoms with Crippen LogP contribution in [0.15, 0.2) is 30.3 Å². The Balaban J connectivity index is 1.77. The molecule has 0 radical (unpaired) electrons. The maximum atomic E-state index is 12.5. The third-order valence-corrected chi connectivity index (χ3v) is 6.63. The van der Waals surface area contributed by atoms with Crippen LogP contribution in [0.1, 0.15) is 30.3 Å². The fourth-order valence-electron chi connectivity index (χ4n) is 3.40. The van der Waals surface area contributed by atoms with Crippen LogP contribution in [0.3, 0.4) is 0 Å². The lowest BCUT2D eigenvalue weighted by molar-refractivity contribution is -0.121. The SMILES string of the molecule is Cc1nn(-c2ccccc2)c(C)c1CC(=O)NC1(C)CCS(=O)(=O)C1. The Morgan fingerprint density at radius 3 is 2.56 bits per heavy atom. The summed E-state index contributed by atoms with van der Waals surface area (Å²) >= 11 is 0. The van der Waals surface area contributed by atoms with Gasteiger partial charge in [-0.3, -0.25) is 4.79 Å². The van der Waals surface area contributed by atoms with Gasteiger partial charge in [-0.2, -0.15) is 5.10 Å². The summed E-state index contributed by atoms with van der Waals surface area (Å²) in [7, 11) is -3.05. The van der Waals surface area contributed by atoms with Gasteiger partial charge in [0.05, 0.1) is 34.8 Å². The van der Waals surface area contributed by atoms with Gasteiger partial charge < -0.3 is 5.32 Å². The zero-order valence-electron chi connectivity index (χ0n) is 14.7. The highest BCUT2D eigenvalue weighted by Crippen LogP contribution is 2.24. The summed E-state index contributed by atoms with van der Waals surface area (Å²) in [5.74, 6) is -0.0285. The van der Waals surface area contributed by atoms with Gasteiger partial charge in [-0.05, 0) is 39.3 Å². The van der Waals surface area contributed by atoms with Crippen LogP contribution in [0.2, 0.25) is 0 Å². The summed E-state index contributed by atoms with van der Waals surface area (Å²) in [6.07, 6.45) is 0.655. The Labute approximate surface area is 148 Å². The van der Waals surface area contributed by atoms with E-state index in [-0.39, 0.29) is 23.8 Å². The number of hydrogen-bond donors (Lipinski definition) is 1. The molecule has 0 bridgehead atoms. The molecule has 7 heteroatoms. The van der Waals surface area contributed by atoms with E-state index >= 15 is 0 Å². The highest BCUT2D eigenvalue weighted by Gasteiger charge is 2.39. The number of carbonyl (C=O) groups is 1. The van der Waals surface area contributed by atoms with E-state index in [9.17, 15) is 13.2 Å². The number of nitrogens with one attached hydrogen (secondary N) is 1. The van der Waals surface area contributed by atoms with Crippen molar-refractivity contribution in [3.63, 3.8) is 0 Å². The number of benzene rings is 1. The number of carbonyl (C=O) groups excluding carboxylic acids is 1. The number of amides is 1. The summed E-state index contributed by atoms with van der Waals surface area (Å²) in [4.78, 5) is 12.5. The molecule has 0 aliphatic carbocycles. The third kappa shape index (κ3) is 3.76. The minimum Gasteiger partial charge on any atom is -0.350 e. The first-order valence-electron chi connectivity index (χ1n) is 8.31. The van der Waals surface area contributed by atoms with E-state index < -0.39 is 15.4 Å². The molecule has 1 amide bonds. The van der Waals surface area contributed by atoms with Crippen LogP contribution < -0.4 is 5.32 Å². The van der Waals surface area contributed by atoms with Crippen LogP contribution in [-0.2, 0) is 21.1 Å². The maximum Gasteiger partial charge on any atom is 0.225 e. The van der Waals surface area contributed by atoms with E-state index in [2.05, 4.69) is 10.4 Å². The lowest BCUT2D eigenvalue weighted by Gasteiger charge is -2.23. The Bertz CT molecular complexity index is 903. The molecule has 1 aromatic carbocycles. The average molecular weight is 361 g/mol. The van der Waals surface area contributed by atoms with E-state index in [0.717, 1.165) is 22.6 Å². The molecule has 1 aliphatic rings. The second kappa shape index (κ2) is 6.29. The van der Waals surface area contributed by atoms with Gasteiger partial charge in [0.2, 0.25) is 5.91 Å². The Hall–Kier alpha value is -2.15. The summed E-state index contributed by atoms with van der Waals surface area (Å²) in [6, 6.07) is 9.76. The largest absolute Gasteiger partial charge is 0.350 e. The molecule has 2 aromatic rings. The monoisotopic (exact) mass is 361 g/mol. The molecule has 6 nitrogen and oxygen atoms in total. The second-order valence-electron chi connectivity index (χ2n) is 7.02. The number of rotatable bonds is 4. The van der Waals surface area contributed by atoms with Crippen LogP contribution in [0.5, 0.6) is 0 Å². The van der Waals surface area contributed by atoms with Gasteiger partial charge in [-0.25, -0.2) is 13.1 Å². The molecule has 1 saturated heterocycles. The topological polar surface area (TPSA) is 81.1 Å². The van der Waals surface area contributed by atoms with Gasteiger partial charge in [0.15, 0.2) is 9.84 Å². The van der Waals surface area contributed by atoms with Gasteiger partial charge >= 0.3 is 0 Å². The molecular formula is C18H23N3O3S. The molecule has 1 atom stereocenters. The van der Waals surface area contributed by atoms with Gasteiger partial charge in [-0.15, -0.1) is 0 Å². The van der Waals surface area contributed by atoms with E-state index in [1.807, 2.05) is 48.9 Å². The van der Waals surface area contributed by atoms with Crippen LogP contribution >= 0.6 is 0 Å². The fraction of sp³-hybridized carbons (Fsp3) is 0.444. The third-order valence-electron chi connectivity index (χ3n) is 4.72. The molecular weight excluding hydrogens is 338 g/mol. The first-order valence-corrected chi connectivity index (χ1v) is 10.1. The molecule has 0 spiro atoms. The minimum absolute atomic E-state index is 0.00693. The number of aromatic nitrogens is 2. The molecule has 3 rings (SSSR count). The first-order chi connectivity index (χ1) is 11.7. The second-order valence-corrected chi connectivity index (χ2v) is 9.21.